The van der Waals surface area contributed by atoms with E-state index in [0.717, 1.165) is 11.1 Å². The van der Waals surface area contributed by atoms with Crippen LogP contribution in [-0.2, 0) is 17.8 Å². The topological polar surface area (TPSA) is 77.3 Å². The third-order valence-corrected chi connectivity index (χ3v) is 4.14. The van der Waals surface area contributed by atoms with Crippen LogP contribution in [0.2, 0.25) is 5.02 Å². The van der Waals surface area contributed by atoms with Gasteiger partial charge in [-0.2, -0.15) is 4.98 Å². The molecule has 1 atom stereocenters. The second-order valence-electron chi connectivity index (χ2n) is 5.66. The molecule has 25 heavy (non-hydrogen) atoms. The van der Waals surface area contributed by atoms with Gasteiger partial charge in [0.1, 0.15) is 5.75 Å². The Hall–Kier alpha value is -2.86. The van der Waals surface area contributed by atoms with Gasteiger partial charge in [0.25, 0.3) is 5.91 Å². The summed E-state index contributed by atoms with van der Waals surface area (Å²) < 4.78 is 10.8. The van der Waals surface area contributed by atoms with E-state index < -0.39 is 6.10 Å². The van der Waals surface area contributed by atoms with E-state index in [2.05, 4.69) is 15.5 Å². The zero-order valence-electron chi connectivity index (χ0n) is 13.1. The number of ether oxygens (including phenoxy) is 1. The van der Waals surface area contributed by atoms with Crippen LogP contribution in [0.25, 0.3) is 11.4 Å². The molecule has 0 fully saturated rings. The van der Waals surface area contributed by atoms with Gasteiger partial charge in [0, 0.05) is 17.0 Å². The number of nitrogens with one attached hydrogen (secondary N) is 1. The summed E-state index contributed by atoms with van der Waals surface area (Å²) in [4.78, 5) is 16.6. The van der Waals surface area contributed by atoms with Crippen LogP contribution in [0, 0.1) is 0 Å². The van der Waals surface area contributed by atoms with Gasteiger partial charge in [0.2, 0.25) is 11.7 Å². The maximum Gasteiger partial charge on any atom is 0.261 e. The van der Waals surface area contributed by atoms with E-state index in [1.807, 2.05) is 36.4 Å². The molecule has 7 heteroatoms. The molecule has 1 aromatic heterocycles. The summed E-state index contributed by atoms with van der Waals surface area (Å²) in [5.41, 5.74) is 1.78. The summed E-state index contributed by atoms with van der Waals surface area (Å²) in [5.74, 6) is 1.29. The maximum absolute atomic E-state index is 12.3. The van der Waals surface area contributed by atoms with Gasteiger partial charge >= 0.3 is 0 Å². The minimum atomic E-state index is -0.579. The number of carbonyl (C=O) groups excluding carboxylic acids is 1. The van der Waals surface area contributed by atoms with Crippen molar-refractivity contribution in [1.29, 1.82) is 0 Å². The molecular weight excluding hydrogens is 342 g/mol. The number of rotatable bonds is 4. The number of hydrogen-bond donors (Lipinski definition) is 1. The van der Waals surface area contributed by atoms with Crippen LogP contribution in [0.15, 0.2) is 53.1 Å². The second kappa shape index (κ2) is 6.57. The SMILES string of the molecule is O=C(NCc1nc(-c2ccccc2)no1)[C@H]1Cc2cc(Cl)ccc2O1. The fourth-order valence-corrected chi connectivity index (χ4v) is 2.87. The molecule has 0 saturated carbocycles. The molecule has 6 nitrogen and oxygen atoms in total. The van der Waals surface area contributed by atoms with Crippen LogP contribution in [0.5, 0.6) is 5.75 Å². The van der Waals surface area contributed by atoms with Gasteiger partial charge in [-0.05, 0) is 23.8 Å². The number of fused-ring (bicyclic) bond motifs is 1. The Bertz CT molecular complexity index is 911. The van der Waals surface area contributed by atoms with Gasteiger partial charge in [-0.15, -0.1) is 0 Å². The number of nitrogens with zero attached hydrogens (tertiary/aromatic N) is 2. The molecular formula is C18H14ClN3O3. The Morgan fingerprint density at radius 2 is 2.08 bits per heavy atom. The van der Waals surface area contributed by atoms with Crippen LogP contribution in [0.4, 0.5) is 0 Å². The largest absolute Gasteiger partial charge is 0.480 e. The van der Waals surface area contributed by atoms with Gasteiger partial charge in [0.15, 0.2) is 6.10 Å². The monoisotopic (exact) mass is 355 g/mol. The summed E-state index contributed by atoms with van der Waals surface area (Å²) in [7, 11) is 0. The molecule has 1 amide bonds. The van der Waals surface area contributed by atoms with Crippen molar-refractivity contribution in [3.05, 3.63) is 65.0 Å². The fourth-order valence-electron chi connectivity index (χ4n) is 2.67. The van der Waals surface area contributed by atoms with Crippen LogP contribution in [0.3, 0.4) is 0 Å². The highest BCUT2D eigenvalue weighted by Crippen LogP contribution is 2.31. The van der Waals surface area contributed by atoms with Crippen molar-refractivity contribution in [2.24, 2.45) is 0 Å². The van der Waals surface area contributed by atoms with Gasteiger partial charge in [-0.3, -0.25) is 4.79 Å². The predicted octanol–water partition coefficient (Wildman–Crippen LogP) is 3.01. The van der Waals surface area contributed by atoms with E-state index in [1.54, 1.807) is 12.1 Å². The molecule has 126 valence electrons. The van der Waals surface area contributed by atoms with Gasteiger partial charge < -0.3 is 14.6 Å². The highest BCUT2D eigenvalue weighted by molar-refractivity contribution is 6.30. The lowest BCUT2D eigenvalue weighted by atomic mass is 10.1. The van der Waals surface area contributed by atoms with E-state index in [0.29, 0.717) is 28.9 Å². The quantitative estimate of drug-likeness (QED) is 0.778. The summed E-state index contributed by atoms with van der Waals surface area (Å²) >= 11 is 5.96. The Kier molecular flexibility index (Phi) is 4.11. The summed E-state index contributed by atoms with van der Waals surface area (Å²) in [5, 5.41) is 7.31. The second-order valence-corrected chi connectivity index (χ2v) is 6.09. The maximum atomic E-state index is 12.3. The number of halogens is 1. The molecule has 2 aromatic carbocycles. The summed E-state index contributed by atoms with van der Waals surface area (Å²) in [6, 6.07) is 14.8. The summed E-state index contributed by atoms with van der Waals surface area (Å²) in [6.45, 7) is 0.148. The first-order valence-corrected chi connectivity index (χ1v) is 8.17. The number of amides is 1. The molecule has 3 aromatic rings. The lowest BCUT2D eigenvalue weighted by Gasteiger charge is -2.09. The van der Waals surface area contributed by atoms with Gasteiger partial charge in [-0.25, -0.2) is 0 Å². The number of benzene rings is 2. The molecule has 1 aliphatic heterocycles. The molecule has 1 N–H and O–H groups in total. The first kappa shape index (κ1) is 15.7. The average molecular weight is 356 g/mol. The number of hydrogen-bond acceptors (Lipinski definition) is 5. The van der Waals surface area contributed by atoms with Crippen LogP contribution >= 0.6 is 11.6 Å². The lowest BCUT2D eigenvalue weighted by molar-refractivity contribution is -0.127. The molecule has 0 unspecified atom stereocenters. The van der Waals surface area contributed by atoms with Crippen molar-refractivity contribution in [3.63, 3.8) is 0 Å². The fraction of sp³-hybridized carbons (Fsp3) is 0.167. The zero-order chi connectivity index (χ0) is 17.2. The van der Waals surface area contributed by atoms with Crippen LogP contribution in [0.1, 0.15) is 11.5 Å². The average Bonchev–Trinajstić information content (AvgIpc) is 3.27. The molecule has 0 aliphatic carbocycles. The van der Waals surface area contributed by atoms with E-state index in [4.69, 9.17) is 20.9 Å². The van der Waals surface area contributed by atoms with Gasteiger partial charge in [0.05, 0.1) is 6.54 Å². The lowest BCUT2D eigenvalue weighted by Crippen LogP contribution is -2.37. The van der Waals surface area contributed by atoms with Crippen molar-refractivity contribution in [1.82, 2.24) is 15.5 Å². The normalized spacial score (nSPS) is 15.5. The van der Waals surface area contributed by atoms with E-state index in [-0.39, 0.29) is 12.5 Å². The van der Waals surface area contributed by atoms with E-state index >= 15 is 0 Å². The van der Waals surface area contributed by atoms with Crippen molar-refractivity contribution in [2.75, 3.05) is 0 Å². The van der Waals surface area contributed by atoms with Crippen molar-refractivity contribution in [2.45, 2.75) is 19.1 Å². The first-order valence-electron chi connectivity index (χ1n) is 7.80. The molecule has 0 bridgehead atoms. The summed E-state index contributed by atoms with van der Waals surface area (Å²) in [6.07, 6.45) is -0.0918. The van der Waals surface area contributed by atoms with E-state index in [9.17, 15) is 4.79 Å². The Balaban J connectivity index is 1.36. The Labute approximate surface area is 148 Å². The number of aromatic nitrogens is 2. The minimum absolute atomic E-state index is 0.148. The molecule has 1 aliphatic rings. The third-order valence-electron chi connectivity index (χ3n) is 3.90. The Morgan fingerprint density at radius 1 is 1.24 bits per heavy atom. The molecule has 0 radical (unpaired) electrons. The zero-order valence-corrected chi connectivity index (χ0v) is 13.9. The Morgan fingerprint density at radius 3 is 2.92 bits per heavy atom. The molecule has 0 spiro atoms. The molecule has 0 saturated heterocycles. The van der Waals surface area contributed by atoms with Gasteiger partial charge in [-0.1, -0.05) is 47.1 Å². The molecule has 4 rings (SSSR count). The highest BCUT2D eigenvalue weighted by atomic mass is 35.5. The first-order chi connectivity index (χ1) is 12.2. The molecule has 2 heterocycles. The predicted molar refractivity (Wildman–Crippen MR) is 91.2 cm³/mol. The van der Waals surface area contributed by atoms with E-state index in [1.165, 1.54) is 0 Å². The van der Waals surface area contributed by atoms with Crippen LogP contribution < -0.4 is 10.1 Å². The minimum Gasteiger partial charge on any atom is -0.480 e. The third kappa shape index (κ3) is 3.34. The smallest absolute Gasteiger partial charge is 0.261 e. The van der Waals surface area contributed by atoms with Crippen molar-refractivity contribution < 1.29 is 14.1 Å². The van der Waals surface area contributed by atoms with Crippen LogP contribution in [-0.4, -0.2) is 22.2 Å². The van der Waals surface area contributed by atoms with Crippen molar-refractivity contribution >= 4 is 17.5 Å². The highest BCUT2D eigenvalue weighted by Gasteiger charge is 2.29. The van der Waals surface area contributed by atoms with Crippen molar-refractivity contribution in [3.8, 4) is 17.1 Å². The number of carbonyl (C=O) groups is 1. The standard InChI is InChI=1S/C18H14ClN3O3/c19-13-6-7-14-12(8-13)9-15(24-14)18(23)20-10-16-21-17(22-25-16)11-4-2-1-3-5-11/h1-8,15H,9-10H2,(H,20,23)/t15-/m1/s1.